The van der Waals surface area contributed by atoms with Crippen LogP contribution in [0.5, 0.6) is 0 Å². The number of nitrogens with zero attached hydrogens (tertiary/aromatic N) is 5. The monoisotopic (exact) mass is 532 g/mol. The molecule has 3 rings (SSSR count). The summed E-state index contributed by atoms with van der Waals surface area (Å²) in [6.45, 7) is 5.98. The van der Waals surface area contributed by atoms with Crippen LogP contribution in [-0.4, -0.2) is 60.3 Å². The van der Waals surface area contributed by atoms with E-state index >= 15 is 0 Å². The minimum atomic E-state index is 0. The van der Waals surface area contributed by atoms with Crippen molar-refractivity contribution >= 4 is 47.4 Å². The van der Waals surface area contributed by atoms with E-state index in [0.29, 0.717) is 6.54 Å². The summed E-state index contributed by atoms with van der Waals surface area (Å²) in [5.74, 6) is 1.83. The van der Waals surface area contributed by atoms with Crippen LogP contribution in [0.4, 0.5) is 5.82 Å². The topological polar surface area (TPSA) is 57.9 Å². The first kappa shape index (κ1) is 23.8. The van der Waals surface area contributed by atoms with E-state index in [1.165, 1.54) is 5.56 Å². The Kier molecular flexibility index (Phi) is 9.04. The molecule has 0 saturated carbocycles. The highest BCUT2D eigenvalue weighted by molar-refractivity contribution is 14.0. The first-order valence-corrected chi connectivity index (χ1v) is 9.88. The van der Waals surface area contributed by atoms with Crippen LogP contribution in [0.15, 0.2) is 35.6 Å². The molecule has 0 aromatic carbocycles. The van der Waals surface area contributed by atoms with Gasteiger partial charge in [-0.15, -0.1) is 24.0 Å². The largest absolute Gasteiger partial charge is 0.375 e. The lowest BCUT2D eigenvalue weighted by molar-refractivity contribution is 0.0529. The third kappa shape index (κ3) is 6.48. The minimum Gasteiger partial charge on any atom is -0.375 e. The number of pyridine rings is 1. The lowest BCUT2D eigenvalue weighted by Gasteiger charge is -2.32. The molecule has 7 nitrogen and oxygen atoms in total. The Morgan fingerprint density at radius 3 is 2.90 bits per heavy atom. The van der Waals surface area contributed by atoms with Crippen LogP contribution in [0.1, 0.15) is 18.2 Å². The van der Waals surface area contributed by atoms with Crippen LogP contribution < -0.4 is 10.2 Å². The number of hydrogen-bond acceptors (Lipinski definition) is 4. The molecule has 0 bridgehead atoms. The van der Waals surface area contributed by atoms with Gasteiger partial charge in [-0.05, 0) is 30.7 Å². The fourth-order valence-corrected chi connectivity index (χ4v) is 3.65. The van der Waals surface area contributed by atoms with Crippen molar-refractivity contribution in [2.75, 3.05) is 38.7 Å². The molecule has 1 fully saturated rings. The maximum Gasteiger partial charge on any atom is 0.194 e. The lowest BCUT2D eigenvalue weighted by Crippen LogP contribution is -2.41. The van der Waals surface area contributed by atoms with E-state index in [4.69, 9.17) is 16.3 Å². The highest BCUT2D eigenvalue weighted by Crippen LogP contribution is 2.17. The maximum absolute atomic E-state index is 6.09. The zero-order chi connectivity index (χ0) is 20.1. The number of aromatic nitrogens is 2. The first-order valence-electron chi connectivity index (χ1n) is 9.50. The summed E-state index contributed by atoms with van der Waals surface area (Å²) in [6, 6.07) is 6.14. The van der Waals surface area contributed by atoms with Gasteiger partial charge in [-0.25, -0.2) is 4.98 Å². The second-order valence-corrected chi connectivity index (χ2v) is 7.60. The molecule has 1 saturated heterocycles. The maximum atomic E-state index is 6.09. The molecule has 0 radical (unpaired) electrons. The molecule has 3 heterocycles. The molecule has 2 aromatic rings. The summed E-state index contributed by atoms with van der Waals surface area (Å²) < 4.78 is 7.66. The predicted octanol–water partition coefficient (Wildman–Crippen LogP) is 3.12. The molecule has 1 N–H and O–H groups in total. The number of nitrogens with one attached hydrogen (secondary N) is 1. The van der Waals surface area contributed by atoms with Gasteiger partial charge in [-0.2, -0.15) is 0 Å². The zero-order valence-electron chi connectivity index (χ0n) is 17.4. The Hall–Kier alpha value is -1.52. The van der Waals surface area contributed by atoms with E-state index in [9.17, 15) is 0 Å². The first-order chi connectivity index (χ1) is 13.5. The molecule has 9 heteroatoms. The molecule has 0 spiro atoms. The molecule has 2 aromatic heterocycles. The van der Waals surface area contributed by atoms with Crippen LogP contribution in [0.3, 0.4) is 0 Å². The van der Waals surface area contributed by atoms with Crippen molar-refractivity contribution in [2.24, 2.45) is 12.0 Å². The number of hydrogen-bond donors (Lipinski definition) is 1. The van der Waals surface area contributed by atoms with Gasteiger partial charge in [0.1, 0.15) is 5.82 Å². The van der Waals surface area contributed by atoms with Crippen molar-refractivity contribution in [3.63, 3.8) is 0 Å². The molecule has 0 aliphatic carbocycles. The third-order valence-corrected chi connectivity index (χ3v) is 5.08. The minimum absolute atomic E-state index is 0. The molecule has 1 unspecified atom stereocenters. The number of anilines is 1. The lowest BCUT2D eigenvalue weighted by atomic mass is 10.2. The van der Waals surface area contributed by atoms with Gasteiger partial charge in [0.15, 0.2) is 5.96 Å². The fraction of sp³-hybridized carbons (Fsp3) is 0.500. The summed E-state index contributed by atoms with van der Waals surface area (Å²) in [7, 11) is 5.81. The van der Waals surface area contributed by atoms with Gasteiger partial charge in [0.25, 0.3) is 0 Å². The Morgan fingerprint density at radius 1 is 1.45 bits per heavy atom. The van der Waals surface area contributed by atoms with Crippen LogP contribution in [-0.2, 0) is 24.9 Å². The number of rotatable bonds is 5. The summed E-state index contributed by atoms with van der Waals surface area (Å²) in [4.78, 5) is 13.3. The average Bonchev–Trinajstić information content (AvgIpc) is 2.99. The summed E-state index contributed by atoms with van der Waals surface area (Å²) in [5.41, 5.74) is 2.30. The quantitative estimate of drug-likeness (QED) is 0.364. The Morgan fingerprint density at radius 2 is 2.24 bits per heavy atom. The van der Waals surface area contributed by atoms with Crippen molar-refractivity contribution in [3.05, 3.63) is 46.9 Å². The van der Waals surface area contributed by atoms with Crippen molar-refractivity contribution in [1.29, 1.82) is 0 Å². The van der Waals surface area contributed by atoms with Gasteiger partial charge in [0.2, 0.25) is 0 Å². The van der Waals surface area contributed by atoms with Gasteiger partial charge in [-0.1, -0.05) is 11.6 Å². The SMILES string of the molecule is CN=C(NCc1ccnc(N2CCOC(C)C2)c1)N(C)Cc1cc(Cl)cn1C.I. The van der Waals surface area contributed by atoms with Crippen molar-refractivity contribution in [1.82, 2.24) is 19.8 Å². The van der Waals surface area contributed by atoms with E-state index in [1.54, 1.807) is 7.05 Å². The second-order valence-electron chi connectivity index (χ2n) is 7.17. The standard InChI is InChI=1S/C20H29ClN6O.HI/c1-15-12-27(7-8-28-15)19-9-16(5-6-23-19)11-24-20(22-2)26(4)14-18-10-17(21)13-25(18)3;/h5-6,9-10,13,15H,7-8,11-12,14H2,1-4H3,(H,22,24);1H. The molecule has 1 aliphatic heterocycles. The van der Waals surface area contributed by atoms with E-state index in [2.05, 4.69) is 38.1 Å². The molecule has 0 amide bonds. The Bertz CT molecular complexity index is 827. The predicted molar refractivity (Wildman–Crippen MR) is 129 cm³/mol. The number of aryl methyl sites for hydroxylation is 1. The van der Waals surface area contributed by atoms with Gasteiger partial charge in [0, 0.05) is 58.9 Å². The Labute approximate surface area is 195 Å². The van der Waals surface area contributed by atoms with E-state index in [-0.39, 0.29) is 30.1 Å². The average molecular weight is 533 g/mol. The summed E-state index contributed by atoms with van der Waals surface area (Å²) in [5, 5.41) is 4.18. The van der Waals surface area contributed by atoms with Crippen LogP contribution in [0.25, 0.3) is 0 Å². The number of guanidine groups is 1. The molecule has 1 aliphatic rings. The van der Waals surface area contributed by atoms with Gasteiger partial charge < -0.3 is 24.4 Å². The molecular formula is C20H30ClIN6O. The van der Waals surface area contributed by atoms with Crippen LogP contribution in [0.2, 0.25) is 5.02 Å². The number of aliphatic imine (C=N–C) groups is 1. The fourth-order valence-electron chi connectivity index (χ4n) is 3.38. The summed E-state index contributed by atoms with van der Waals surface area (Å²) >= 11 is 6.09. The third-order valence-electron chi connectivity index (χ3n) is 4.87. The van der Waals surface area contributed by atoms with Crippen LogP contribution in [0, 0.1) is 0 Å². The number of halogens is 2. The molecule has 29 heavy (non-hydrogen) atoms. The van der Waals surface area contributed by atoms with Crippen molar-refractivity contribution < 1.29 is 4.74 Å². The van der Waals surface area contributed by atoms with Gasteiger partial charge in [-0.3, -0.25) is 4.99 Å². The molecule has 1 atom stereocenters. The second kappa shape index (κ2) is 11.0. The smallest absolute Gasteiger partial charge is 0.194 e. The Balaban J connectivity index is 0.00000300. The van der Waals surface area contributed by atoms with E-state index in [0.717, 1.165) is 48.7 Å². The normalized spacial score (nSPS) is 17.1. The van der Waals surface area contributed by atoms with Crippen molar-refractivity contribution in [2.45, 2.75) is 26.1 Å². The van der Waals surface area contributed by atoms with Gasteiger partial charge >= 0.3 is 0 Å². The zero-order valence-corrected chi connectivity index (χ0v) is 20.5. The highest BCUT2D eigenvalue weighted by atomic mass is 127. The summed E-state index contributed by atoms with van der Waals surface area (Å²) in [6.07, 6.45) is 4.01. The number of morpholine rings is 1. The van der Waals surface area contributed by atoms with Crippen molar-refractivity contribution in [3.8, 4) is 0 Å². The molecule has 160 valence electrons. The van der Waals surface area contributed by atoms with E-state index < -0.39 is 0 Å². The van der Waals surface area contributed by atoms with E-state index in [1.807, 2.05) is 43.2 Å². The number of ether oxygens (including phenoxy) is 1. The highest BCUT2D eigenvalue weighted by Gasteiger charge is 2.18. The molecular weight excluding hydrogens is 503 g/mol. The van der Waals surface area contributed by atoms with Crippen LogP contribution >= 0.6 is 35.6 Å². The van der Waals surface area contributed by atoms with Gasteiger partial charge in [0.05, 0.1) is 24.3 Å².